The van der Waals surface area contributed by atoms with E-state index in [2.05, 4.69) is 42.2 Å². The first kappa shape index (κ1) is 16.7. The quantitative estimate of drug-likeness (QED) is 0.477. The van der Waals surface area contributed by atoms with Gasteiger partial charge < -0.3 is 4.90 Å². The Balaban J connectivity index is 2.50. The molecule has 1 aliphatic carbocycles. The first-order chi connectivity index (χ1) is 11.0. The fourth-order valence-electron chi connectivity index (χ4n) is 2.60. The molecule has 0 atom stereocenters. The molecular weight excluding hydrogens is 288 g/mol. The van der Waals surface area contributed by atoms with E-state index in [1.165, 1.54) is 23.1 Å². The molecule has 0 bridgehead atoms. The Morgan fingerprint density at radius 1 is 1.35 bits per heavy atom. The molecule has 0 amide bonds. The van der Waals surface area contributed by atoms with Crippen molar-refractivity contribution in [1.82, 2.24) is 4.90 Å². The smallest absolute Gasteiger partial charge is 0.243 e. The highest BCUT2D eigenvalue weighted by molar-refractivity contribution is 5.54. The third-order valence-electron chi connectivity index (χ3n) is 4.00. The second-order valence-corrected chi connectivity index (χ2v) is 5.47. The highest BCUT2D eigenvalue weighted by atomic mass is 16.6. The molecule has 0 aromatic heterocycles. The van der Waals surface area contributed by atoms with Gasteiger partial charge >= 0.3 is 0 Å². The highest BCUT2D eigenvalue weighted by Gasteiger charge is 2.10. The number of rotatable bonds is 5. The lowest BCUT2D eigenvalue weighted by Gasteiger charge is -2.24. The number of hydrogen-bond donors (Lipinski definition) is 0. The molecule has 0 fully saturated rings. The van der Waals surface area contributed by atoms with Crippen LogP contribution in [0, 0.1) is 10.1 Å². The normalized spacial score (nSPS) is 14.8. The summed E-state index contributed by atoms with van der Waals surface area (Å²) in [7, 11) is 2.02. The molecule has 1 aliphatic rings. The van der Waals surface area contributed by atoms with E-state index in [4.69, 9.17) is 0 Å². The third kappa shape index (κ3) is 3.97. The molecule has 0 unspecified atom stereocenters. The summed E-state index contributed by atoms with van der Waals surface area (Å²) in [5.74, 6) is 0. The molecule has 4 nitrogen and oxygen atoms in total. The minimum absolute atomic E-state index is 0.142. The summed E-state index contributed by atoms with van der Waals surface area (Å²) >= 11 is 0. The van der Waals surface area contributed by atoms with E-state index in [0.717, 1.165) is 18.5 Å². The summed E-state index contributed by atoms with van der Waals surface area (Å²) in [6.45, 7) is 3.57. The van der Waals surface area contributed by atoms with Crippen LogP contribution in [-0.4, -0.2) is 16.9 Å². The zero-order valence-electron chi connectivity index (χ0n) is 13.8. The summed E-state index contributed by atoms with van der Waals surface area (Å²) in [5.41, 5.74) is 2.39. The maximum Gasteiger partial charge on any atom is 0.243 e. The second kappa shape index (κ2) is 7.58. The number of nitrogens with zero attached hydrogens (tertiary/aromatic N) is 2. The van der Waals surface area contributed by atoms with Gasteiger partial charge in [-0.2, -0.15) is 0 Å². The van der Waals surface area contributed by atoms with E-state index in [-0.39, 0.29) is 10.6 Å². The molecule has 1 aromatic rings. The van der Waals surface area contributed by atoms with Gasteiger partial charge in [-0.15, -0.1) is 0 Å². The number of benzene rings is 1. The van der Waals surface area contributed by atoms with Crippen molar-refractivity contribution >= 4 is 11.8 Å². The van der Waals surface area contributed by atoms with Gasteiger partial charge in [0.25, 0.3) is 0 Å². The lowest BCUT2D eigenvalue weighted by molar-refractivity contribution is -0.424. The minimum Gasteiger partial charge on any atom is -0.351 e. The van der Waals surface area contributed by atoms with Crippen LogP contribution >= 0.6 is 0 Å². The maximum absolute atomic E-state index is 10.8. The average Bonchev–Trinajstić information content (AvgIpc) is 2.77. The Hall–Kier alpha value is -2.62. The van der Waals surface area contributed by atoms with Gasteiger partial charge in [0.1, 0.15) is 0 Å². The molecule has 0 radical (unpaired) electrons. The first-order valence-electron chi connectivity index (χ1n) is 7.75. The fraction of sp³-hybridized carbons (Fsp3) is 0.263. The van der Waals surface area contributed by atoms with Crippen molar-refractivity contribution < 1.29 is 4.92 Å². The predicted octanol–water partition coefficient (Wildman–Crippen LogP) is 2.94. The molecule has 120 valence electrons. The van der Waals surface area contributed by atoms with Gasteiger partial charge in [0.2, 0.25) is 5.70 Å². The first-order valence-corrected chi connectivity index (χ1v) is 7.75. The van der Waals surface area contributed by atoms with E-state index >= 15 is 0 Å². The van der Waals surface area contributed by atoms with E-state index in [1.807, 2.05) is 25.3 Å². The van der Waals surface area contributed by atoms with E-state index < -0.39 is 0 Å². The average molecular weight is 310 g/mol. The van der Waals surface area contributed by atoms with Crippen molar-refractivity contribution in [2.45, 2.75) is 26.7 Å². The Labute approximate surface area is 136 Å². The fourth-order valence-corrected chi connectivity index (χ4v) is 2.60. The standard InChI is InChI=1S/C19H22N2O2/c1-4-17(14-13-15(2)21(22)23)20(3)19-12-8-6-10-16-9-5-7-11-18(16)19/h5-11,13-14H,4,12H2,1-3H3/b15-13+,17-14+. The molecule has 4 heteroatoms. The van der Waals surface area contributed by atoms with Crippen molar-refractivity contribution in [2.75, 3.05) is 7.05 Å². The second-order valence-electron chi connectivity index (χ2n) is 5.47. The molecule has 1 aromatic carbocycles. The van der Waals surface area contributed by atoms with Crippen LogP contribution in [0.25, 0.3) is 11.8 Å². The summed E-state index contributed by atoms with van der Waals surface area (Å²) in [6, 6.07) is 8.30. The van der Waals surface area contributed by atoms with Crippen molar-refractivity contribution in [3.05, 3.63) is 80.5 Å². The molecule has 0 spiro atoms. The molecule has 23 heavy (non-hydrogen) atoms. The Bertz CT molecular complexity index is 801. The number of nitro groups is 1. The monoisotopic (exact) mass is 310 g/mol. The zero-order chi connectivity index (χ0) is 16.8. The Kier molecular flexibility index (Phi) is 5.52. The van der Waals surface area contributed by atoms with Gasteiger partial charge in [0.15, 0.2) is 0 Å². The van der Waals surface area contributed by atoms with Gasteiger partial charge in [-0.25, -0.2) is 0 Å². The van der Waals surface area contributed by atoms with E-state index in [1.54, 1.807) is 6.08 Å². The zero-order valence-corrected chi connectivity index (χ0v) is 13.8. The van der Waals surface area contributed by atoms with Crippen LogP contribution in [0.3, 0.4) is 0 Å². The molecule has 0 saturated carbocycles. The Morgan fingerprint density at radius 3 is 2.78 bits per heavy atom. The van der Waals surface area contributed by atoms with Crippen LogP contribution in [-0.2, 0) is 0 Å². The lowest BCUT2D eigenvalue weighted by Crippen LogP contribution is -2.31. The molecule has 0 aliphatic heterocycles. The number of hydrogen-bond acceptors (Lipinski definition) is 3. The largest absolute Gasteiger partial charge is 0.351 e. The summed E-state index contributed by atoms with van der Waals surface area (Å²) in [5, 5.41) is 13.2. The molecule has 0 heterocycles. The van der Waals surface area contributed by atoms with Crippen LogP contribution in [0.4, 0.5) is 0 Å². The van der Waals surface area contributed by atoms with Gasteiger partial charge in [0.05, 0.1) is 4.92 Å². The van der Waals surface area contributed by atoms with Crippen molar-refractivity contribution in [1.29, 1.82) is 0 Å². The highest BCUT2D eigenvalue weighted by Crippen LogP contribution is 2.18. The van der Waals surface area contributed by atoms with Gasteiger partial charge in [-0.3, -0.25) is 10.1 Å². The summed E-state index contributed by atoms with van der Waals surface area (Å²) in [6.07, 6.45) is 11.4. The lowest BCUT2D eigenvalue weighted by atomic mass is 10.1. The Morgan fingerprint density at radius 2 is 2.09 bits per heavy atom. The number of fused-ring (bicyclic) bond motifs is 1. The third-order valence-corrected chi connectivity index (χ3v) is 4.00. The van der Waals surface area contributed by atoms with Crippen LogP contribution in [0.5, 0.6) is 0 Å². The number of allylic oxidation sites excluding steroid dienone is 5. The molecule has 0 N–H and O–H groups in total. The van der Waals surface area contributed by atoms with Gasteiger partial charge in [0, 0.05) is 43.1 Å². The van der Waals surface area contributed by atoms with Crippen LogP contribution in [0.2, 0.25) is 0 Å². The molecule has 0 saturated heterocycles. The van der Waals surface area contributed by atoms with Crippen LogP contribution in [0.1, 0.15) is 26.7 Å². The molecule has 2 rings (SSSR count). The SMILES string of the molecule is CC/C(=C\C=C(/C)[N+](=O)[O-])N(C)C1=c2ccccc2=CC=CC1. The van der Waals surface area contributed by atoms with E-state index in [0.29, 0.717) is 0 Å². The predicted molar refractivity (Wildman–Crippen MR) is 94.2 cm³/mol. The van der Waals surface area contributed by atoms with Crippen LogP contribution < -0.4 is 10.4 Å². The van der Waals surface area contributed by atoms with Gasteiger partial charge in [-0.1, -0.05) is 49.4 Å². The molecular formula is C19H22N2O2. The van der Waals surface area contributed by atoms with Crippen LogP contribution in [0.15, 0.2) is 60.0 Å². The van der Waals surface area contributed by atoms with Crippen molar-refractivity contribution in [3.63, 3.8) is 0 Å². The maximum atomic E-state index is 10.8. The summed E-state index contributed by atoms with van der Waals surface area (Å²) in [4.78, 5) is 12.5. The summed E-state index contributed by atoms with van der Waals surface area (Å²) < 4.78 is 0. The van der Waals surface area contributed by atoms with Gasteiger partial charge in [-0.05, 0) is 17.7 Å². The minimum atomic E-state index is -0.366. The van der Waals surface area contributed by atoms with E-state index in [9.17, 15) is 10.1 Å². The topological polar surface area (TPSA) is 46.4 Å². The van der Waals surface area contributed by atoms with Crippen molar-refractivity contribution in [2.24, 2.45) is 0 Å². The van der Waals surface area contributed by atoms with Crippen molar-refractivity contribution in [3.8, 4) is 0 Å².